The van der Waals surface area contributed by atoms with Crippen LogP contribution in [0.3, 0.4) is 0 Å². The predicted molar refractivity (Wildman–Crippen MR) is 192 cm³/mol. The van der Waals surface area contributed by atoms with Crippen LogP contribution in [-0.2, 0) is 0 Å². The van der Waals surface area contributed by atoms with E-state index in [9.17, 15) is 0 Å². The Labute approximate surface area is 271 Å². The Balaban J connectivity index is 1.12. The third-order valence-electron chi connectivity index (χ3n) is 8.69. The molecule has 0 unspecified atom stereocenters. The monoisotopic (exact) mass is 601 g/mol. The number of nitrogens with zero attached hydrogens (tertiary/aromatic N) is 3. The van der Waals surface area contributed by atoms with Crippen LogP contribution in [-0.4, -0.2) is 15.0 Å². The molecule has 3 aromatic heterocycles. The molecular weight excluding hydrogens is 574 g/mol. The summed E-state index contributed by atoms with van der Waals surface area (Å²) in [5.41, 5.74) is 11.5. The molecule has 0 aliphatic carbocycles. The van der Waals surface area contributed by atoms with Gasteiger partial charge in [0.1, 0.15) is 11.3 Å². The van der Waals surface area contributed by atoms with Crippen molar-refractivity contribution in [2.45, 2.75) is 0 Å². The topological polar surface area (TPSA) is 51.8 Å². The average molecular weight is 602 g/mol. The normalized spacial score (nSPS) is 11.4. The minimum absolute atomic E-state index is 0.693. The lowest BCUT2D eigenvalue weighted by molar-refractivity contribution is 0.669. The Kier molecular flexibility index (Phi) is 6.43. The van der Waals surface area contributed by atoms with Crippen LogP contribution in [0.4, 0.5) is 0 Å². The maximum absolute atomic E-state index is 6.46. The van der Waals surface area contributed by atoms with Gasteiger partial charge in [0.25, 0.3) is 0 Å². The summed E-state index contributed by atoms with van der Waals surface area (Å²) in [6.45, 7) is 0. The van der Waals surface area contributed by atoms with Crippen molar-refractivity contribution in [3.63, 3.8) is 0 Å². The Bertz CT molecular complexity index is 2500. The Morgan fingerprint density at radius 1 is 0.383 bits per heavy atom. The van der Waals surface area contributed by atoms with Gasteiger partial charge >= 0.3 is 0 Å². The number of fused-ring (bicyclic) bond motifs is 5. The second kappa shape index (κ2) is 11.2. The molecule has 4 nitrogen and oxygen atoms in total. The van der Waals surface area contributed by atoms with Crippen LogP contribution in [0.2, 0.25) is 0 Å². The number of aromatic nitrogens is 3. The maximum atomic E-state index is 6.46. The van der Waals surface area contributed by atoms with E-state index in [4.69, 9.17) is 19.4 Å². The molecular formula is C43H27N3O. The molecule has 0 amide bonds. The van der Waals surface area contributed by atoms with Crippen LogP contribution < -0.4 is 0 Å². The number of furan rings is 1. The van der Waals surface area contributed by atoms with Crippen molar-refractivity contribution < 1.29 is 4.42 Å². The van der Waals surface area contributed by atoms with Crippen LogP contribution >= 0.6 is 0 Å². The standard InChI is InChI=1S/C43H27N3O/c1-3-12-29(13-4-1)37-27-38(30-14-5-2-6-15-30)46-43(45-37)31-24-22-28(23-25-31)32-16-11-17-33(26-32)41-42-40(34-18-7-9-20-36(34)44-41)35-19-8-10-21-39(35)47-42/h1-27H. The number of pyridine rings is 1. The van der Waals surface area contributed by atoms with Crippen molar-refractivity contribution in [1.29, 1.82) is 0 Å². The minimum atomic E-state index is 0.693. The average Bonchev–Trinajstić information content (AvgIpc) is 3.55. The lowest BCUT2D eigenvalue weighted by Gasteiger charge is -2.11. The highest BCUT2D eigenvalue weighted by molar-refractivity contribution is 6.20. The quantitative estimate of drug-likeness (QED) is 0.197. The first-order valence-corrected chi connectivity index (χ1v) is 15.7. The van der Waals surface area contributed by atoms with Gasteiger partial charge in [0, 0.05) is 38.4 Å². The Morgan fingerprint density at radius 3 is 1.68 bits per heavy atom. The van der Waals surface area contributed by atoms with E-state index in [1.807, 2.05) is 54.6 Å². The first kappa shape index (κ1) is 27.0. The lowest BCUT2D eigenvalue weighted by Crippen LogP contribution is -1.96. The van der Waals surface area contributed by atoms with Gasteiger partial charge in [-0.05, 0) is 35.4 Å². The van der Waals surface area contributed by atoms with Gasteiger partial charge in [-0.15, -0.1) is 0 Å². The summed E-state index contributed by atoms with van der Waals surface area (Å²) in [5, 5.41) is 3.29. The highest BCUT2D eigenvalue weighted by Gasteiger charge is 2.18. The van der Waals surface area contributed by atoms with Gasteiger partial charge in [0.2, 0.25) is 0 Å². The van der Waals surface area contributed by atoms with E-state index in [-0.39, 0.29) is 0 Å². The van der Waals surface area contributed by atoms with E-state index in [2.05, 4.69) is 109 Å². The highest BCUT2D eigenvalue weighted by Crippen LogP contribution is 2.40. The SMILES string of the molecule is c1ccc(-c2cc(-c3ccccc3)nc(-c3ccc(-c4cccc(-c5nc6ccccc6c6c5oc5ccccc56)c4)cc3)n2)cc1. The third-order valence-corrected chi connectivity index (χ3v) is 8.69. The first-order valence-electron chi connectivity index (χ1n) is 15.7. The molecule has 0 N–H and O–H groups in total. The number of benzene rings is 6. The van der Waals surface area contributed by atoms with Gasteiger partial charge in [-0.25, -0.2) is 15.0 Å². The smallest absolute Gasteiger partial charge is 0.162 e. The molecule has 3 heterocycles. The maximum Gasteiger partial charge on any atom is 0.162 e. The molecule has 220 valence electrons. The fourth-order valence-electron chi connectivity index (χ4n) is 6.38. The number of hydrogen-bond acceptors (Lipinski definition) is 4. The highest BCUT2D eigenvalue weighted by atomic mass is 16.3. The molecule has 0 aliphatic heterocycles. The molecule has 4 heteroatoms. The zero-order chi connectivity index (χ0) is 31.2. The second-order valence-corrected chi connectivity index (χ2v) is 11.6. The Morgan fingerprint density at radius 2 is 0.957 bits per heavy atom. The molecule has 0 saturated carbocycles. The van der Waals surface area contributed by atoms with Gasteiger partial charge < -0.3 is 4.42 Å². The number of para-hydroxylation sites is 2. The van der Waals surface area contributed by atoms with Crippen molar-refractivity contribution in [1.82, 2.24) is 15.0 Å². The molecule has 47 heavy (non-hydrogen) atoms. The van der Waals surface area contributed by atoms with Gasteiger partial charge in [-0.3, -0.25) is 0 Å². The fourth-order valence-corrected chi connectivity index (χ4v) is 6.38. The fraction of sp³-hybridized carbons (Fsp3) is 0. The van der Waals surface area contributed by atoms with Crippen molar-refractivity contribution >= 4 is 32.8 Å². The molecule has 0 aliphatic rings. The summed E-state index contributed by atoms with van der Waals surface area (Å²) in [6.07, 6.45) is 0. The molecule has 0 atom stereocenters. The van der Waals surface area contributed by atoms with Crippen molar-refractivity contribution in [3.8, 4) is 56.3 Å². The van der Waals surface area contributed by atoms with Gasteiger partial charge in [0.15, 0.2) is 11.4 Å². The predicted octanol–water partition coefficient (Wildman–Crippen LogP) is 11.3. The zero-order valence-electron chi connectivity index (χ0n) is 25.3. The van der Waals surface area contributed by atoms with Crippen molar-refractivity contribution in [2.24, 2.45) is 0 Å². The summed E-state index contributed by atoms with van der Waals surface area (Å²) < 4.78 is 6.46. The second-order valence-electron chi connectivity index (χ2n) is 11.6. The molecule has 9 rings (SSSR count). The van der Waals surface area contributed by atoms with E-state index >= 15 is 0 Å². The van der Waals surface area contributed by atoms with Crippen LogP contribution in [0, 0.1) is 0 Å². The van der Waals surface area contributed by atoms with E-state index in [1.54, 1.807) is 0 Å². The molecule has 0 fully saturated rings. The van der Waals surface area contributed by atoms with E-state index in [0.717, 1.165) is 83.3 Å². The number of hydrogen-bond donors (Lipinski definition) is 0. The summed E-state index contributed by atoms with van der Waals surface area (Å²) in [7, 11) is 0. The third kappa shape index (κ3) is 4.84. The van der Waals surface area contributed by atoms with E-state index < -0.39 is 0 Å². The molecule has 6 aromatic carbocycles. The van der Waals surface area contributed by atoms with Crippen molar-refractivity contribution in [2.75, 3.05) is 0 Å². The first-order chi connectivity index (χ1) is 23.3. The van der Waals surface area contributed by atoms with E-state index in [1.165, 1.54) is 0 Å². The summed E-state index contributed by atoms with van der Waals surface area (Å²) in [5.74, 6) is 0.693. The Hall–Kier alpha value is -6.39. The lowest BCUT2D eigenvalue weighted by atomic mass is 9.98. The van der Waals surface area contributed by atoms with Crippen LogP contribution in [0.15, 0.2) is 168 Å². The minimum Gasteiger partial charge on any atom is -0.454 e. The van der Waals surface area contributed by atoms with Gasteiger partial charge in [-0.1, -0.05) is 140 Å². The van der Waals surface area contributed by atoms with Gasteiger partial charge in [0.05, 0.1) is 16.9 Å². The van der Waals surface area contributed by atoms with Gasteiger partial charge in [-0.2, -0.15) is 0 Å². The zero-order valence-corrected chi connectivity index (χ0v) is 25.3. The summed E-state index contributed by atoms with van der Waals surface area (Å²) >= 11 is 0. The van der Waals surface area contributed by atoms with Crippen LogP contribution in [0.25, 0.3) is 89.1 Å². The van der Waals surface area contributed by atoms with E-state index in [0.29, 0.717) is 5.82 Å². The molecule has 9 aromatic rings. The largest absolute Gasteiger partial charge is 0.454 e. The summed E-state index contributed by atoms with van der Waals surface area (Å²) in [4.78, 5) is 15.1. The number of rotatable bonds is 5. The van der Waals surface area contributed by atoms with Crippen molar-refractivity contribution in [3.05, 3.63) is 164 Å². The molecule has 0 radical (unpaired) electrons. The van der Waals surface area contributed by atoms with Crippen LogP contribution in [0.5, 0.6) is 0 Å². The summed E-state index contributed by atoms with van der Waals surface area (Å²) in [6, 6.07) is 56.1. The molecule has 0 spiro atoms. The molecule has 0 saturated heterocycles. The molecule has 0 bridgehead atoms. The van der Waals surface area contributed by atoms with Crippen LogP contribution in [0.1, 0.15) is 0 Å².